The topological polar surface area (TPSA) is 105 Å². The molecule has 0 saturated heterocycles. The van der Waals surface area contributed by atoms with Gasteiger partial charge in [-0.25, -0.2) is 8.42 Å². The standard InChI is InChI=1S/C29H39N3O6S/c1-3-25(29(34)30-23-13-8-5-9-14-23)31(20-22-11-6-4-7-12-22)28(33)15-10-18-32(39(2,35)36)24-16-17-26-27(19-24)38-21-37-26/h4,6-7,11-12,16-17,19,23,25H,3,5,8-10,13-15,18,20-21H2,1-2H3,(H,30,34)/t25-/m0/s1. The lowest BCUT2D eigenvalue weighted by atomic mass is 9.95. The van der Waals surface area contributed by atoms with Gasteiger partial charge < -0.3 is 19.7 Å². The minimum absolute atomic E-state index is 0.0936. The van der Waals surface area contributed by atoms with Gasteiger partial charge in [0, 0.05) is 31.6 Å². The Morgan fingerprint density at radius 1 is 1.03 bits per heavy atom. The molecule has 1 fully saturated rings. The zero-order valence-electron chi connectivity index (χ0n) is 22.8. The predicted octanol–water partition coefficient (Wildman–Crippen LogP) is 4.22. The largest absolute Gasteiger partial charge is 0.454 e. The Kier molecular flexibility index (Phi) is 9.72. The van der Waals surface area contributed by atoms with Gasteiger partial charge in [-0.05, 0) is 43.4 Å². The molecule has 39 heavy (non-hydrogen) atoms. The quantitative estimate of drug-likeness (QED) is 0.419. The van der Waals surface area contributed by atoms with Crippen LogP contribution in [0.4, 0.5) is 5.69 Å². The normalized spacial score (nSPS) is 15.9. The number of amides is 2. The maximum Gasteiger partial charge on any atom is 0.243 e. The average Bonchev–Trinajstić information content (AvgIpc) is 3.39. The van der Waals surface area contributed by atoms with E-state index in [1.807, 2.05) is 37.3 Å². The number of nitrogens with zero attached hydrogens (tertiary/aromatic N) is 2. The van der Waals surface area contributed by atoms with Crippen molar-refractivity contribution < 1.29 is 27.5 Å². The number of hydrogen-bond acceptors (Lipinski definition) is 6. The summed E-state index contributed by atoms with van der Waals surface area (Å²) in [5.41, 5.74) is 1.39. The van der Waals surface area contributed by atoms with E-state index in [4.69, 9.17) is 9.47 Å². The molecule has 212 valence electrons. The Morgan fingerprint density at radius 3 is 2.44 bits per heavy atom. The van der Waals surface area contributed by atoms with Crippen LogP contribution in [-0.2, 0) is 26.2 Å². The highest BCUT2D eigenvalue weighted by molar-refractivity contribution is 7.92. The molecule has 0 radical (unpaired) electrons. The van der Waals surface area contributed by atoms with Crippen molar-refractivity contribution in [3.05, 3.63) is 54.1 Å². The molecule has 1 aliphatic carbocycles. The van der Waals surface area contributed by atoms with Gasteiger partial charge in [0.25, 0.3) is 0 Å². The molecule has 1 heterocycles. The highest BCUT2D eigenvalue weighted by atomic mass is 32.2. The molecule has 0 spiro atoms. The number of nitrogens with one attached hydrogen (secondary N) is 1. The third-order valence-electron chi connectivity index (χ3n) is 7.33. The number of anilines is 1. The second-order valence-electron chi connectivity index (χ2n) is 10.3. The first kappa shape index (κ1) is 28.7. The van der Waals surface area contributed by atoms with Crippen LogP contribution in [0.3, 0.4) is 0 Å². The fourth-order valence-corrected chi connectivity index (χ4v) is 6.25. The Labute approximate surface area is 231 Å². The van der Waals surface area contributed by atoms with E-state index in [0.717, 1.165) is 37.5 Å². The van der Waals surface area contributed by atoms with Crippen molar-refractivity contribution in [3.63, 3.8) is 0 Å². The van der Waals surface area contributed by atoms with Crippen LogP contribution >= 0.6 is 0 Å². The Balaban J connectivity index is 1.46. The maximum atomic E-state index is 13.6. The van der Waals surface area contributed by atoms with Gasteiger partial charge in [-0.15, -0.1) is 0 Å². The van der Waals surface area contributed by atoms with Crippen LogP contribution in [0.15, 0.2) is 48.5 Å². The van der Waals surface area contributed by atoms with Crippen molar-refractivity contribution in [2.75, 3.05) is 23.9 Å². The van der Waals surface area contributed by atoms with E-state index in [1.165, 1.54) is 10.7 Å². The number of carbonyl (C=O) groups is 2. The molecule has 1 aliphatic heterocycles. The van der Waals surface area contributed by atoms with Crippen LogP contribution in [0, 0.1) is 0 Å². The molecule has 2 aliphatic rings. The maximum absolute atomic E-state index is 13.6. The van der Waals surface area contributed by atoms with E-state index < -0.39 is 16.1 Å². The molecular formula is C29H39N3O6S. The van der Waals surface area contributed by atoms with Crippen molar-refractivity contribution in [3.8, 4) is 11.5 Å². The van der Waals surface area contributed by atoms with Gasteiger partial charge in [0.05, 0.1) is 11.9 Å². The van der Waals surface area contributed by atoms with E-state index in [-0.39, 0.29) is 37.6 Å². The Bertz CT molecular complexity index is 1230. The third-order valence-corrected chi connectivity index (χ3v) is 8.52. The molecule has 9 nitrogen and oxygen atoms in total. The van der Waals surface area contributed by atoms with Gasteiger partial charge in [0.1, 0.15) is 6.04 Å². The number of rotatable bonds is 12. The van der Waals surface area contributed by atoms with E-state index in [0.29, 0.717) is 36.6 Å². The molecule has 0 bridgehead atoms. The average molecular weight is 558 g/mol. The van der Waals surface area contributed by atoms with Gasteiger partial charge in [0.15, 0.2) is 11.5 Å². The van der Waals surface area contributed by atoms with Crippen LogP contribution in [0.1, 0.15) is 63.9 Å². The lowest BCUT2D eigenvalue weighted by Crippen LogP contribution is -2.51. The first-order valence-electron chi connectivity index (χ1n) is 13.8. The first-order chi connectivity index (χ1) is 18.8. The molecule has 10 heteroatoms. The smallest absolute Gasteiger partial charge is 0.243 e. The van der Waals surface area contributed by atoms with Crippen LogP contribution in [-0.4, -0.2) is 56.8 Å². The molecule has 1 saturated carbocycles. The van der Waals surface area contributed by atoms with Crippen molar-refractivity contribution in [2.24, 2.45) is 0 Å². The summed E-state index contributed by atoms with van der Waals surface area (Å²) >= 11 is 0. The summed E-state index contributed by atoms with van der Waals surface area (Å²) < 4.78 is 37.3. The number of fused-ring (bicyclic) bond motifs is 1. The zero-order chi connectivity index (χ0) is 27.8. The molecule has 4 rings (SSSR count). The monoisotopic (exact) mass is 557 g/mol. The predicted molar refractivity (Wildman–Crippen MR) is 150 cm³/mol. The number of ether oxygens (including phenoxy) is 2. The first-order valence-corrected chi connectivity index (χ1v) is 15.6. The second-order valence-corrected chi connectivity index (χ2v) is 12.2. The number of sulfonamides is 1. The summed E-state index contributed by atoms with van der Waals surface area (Å²) in [6, 6.07) is 14.2. The molecule has 1 N–H and O–H groups in total. The number of carbonyl (C=O) groups excluding carboxylic acids is 2. The van der Waals surface area contributed by atoms with Crippen molar-refractivity contribution in [2.45, 2.75) is 76.9 Å². The molecule has 0 aromatic heterocycles. The summed E-state index contributed by atoms with van der Waals surface area (Å²) in [4.78, 5) is 28.6. The Morgan fingerprint density at radius 2 is 1.74 bits per heavy atom. The van der Waals surface area contributed by atoms with Crippen molar-refractivity contribution in [1.29, 1.82) is 0 Å². The summed E-state index contributed by atoms with van der Waals surface area (Å²) in [7, 11) is -3.61. The number of benzene rings is 2. The van der Waals surface area contributed by atoms with Gasteiger partial charge in [-0.1, -0.05) is 56.5 Å². The highest BCUT2D eigenvalue weighted by Gasteiger charge is 2.30. The fourth-order valence-electron chi connectivity index (χ4n) is 5.29. The SMILES string of the molecule is CC[C@@H](C(=O)NC1CCCCC1)N(Cc1ccccc1)C(=O)CCCN(c1ccc2c(c1)OCO2)S(C)(=O)=O. The van der Waals surface area contributed by atoms with E-state index in [2.05, 4.69) is 5.32 Å². The zero-order valence-corrected chi connectivity index (χ0v) is 23.6. The fraction of sp³-hybridized carbons (Fsp3) is 0.517. The van der Waals surface area contributed by atoms with Gasteiger partial charge in [0.2, 0.25) is 28.6 Å². The van der Waals surface area contributed by atoms with E-state index in [9.17, 15) is 18.0 Å². The summed E-state index contributed by atoms with van der Waals surface area (Å²) in [6.07, 6.45) is 7.38. The van der Waals surface area contributed by atoms with Crippen LogP contribution in [0.2, 0.25) is 0 Å². The summed E-state index contributed by atoms with van der Waals surface area (Å²) in [5.74, 6) is 0.757. The van der Waals surface area contributed by atoms with Crippen LogP contribution in [0.25, 0.3) is 0 Å². The lowest BCUT2D eigenvalue weighted by molar-refractivity contribution is -0.141. The van der Waals surface area contributed by atoms with Crippen LogP contribution in [0.5, 0.6) is 11.5 Å². The minimum Gasteiger partial charge on any atom is -0.454 e. The van der Waals surface area contributed by atoms with Crippen molar-refractivity contribution >= 4 is 27.5 Å². The van der Waals surface area contributed by atoms with Gasteiger partial charge in [-0.2, -0.15) is 0 Å². The minimum atomic E-state index is -3.61. The summed E-state index contributed by atoms with van der Waals surface area (Å²) in [6.45, 7) is 2.44. The number of hydrogen-bond donors (Lipinski definition) is 1. The molecule has 2 amide bonds. The highest BCUT2D eigenvalue weighted by Crippen LogP contribution is 2.36. The Hall–Kier alpha value is -3.27. The second kappa shape index (κ2) is 13.2. The molecule has 2 aromatic rings. The third kappa shape index (κ3) is 7.65. The molecule has 1 atom stereocenters. The van der Waals surface area contributed by atoms with Gasteiger partial charge in [-0.3, -0.25) is 13.9 Å². The molecule has 0 unspecified atom stereocenters. The van der Waals surface area contributed by atoms with E-state index in [1.54, 1.807) is 23.1 Å². The van der Waals surface area contributed by atoms with E-state index >= 15 is 0 Å². The lowest BCUT2D eigenvalue weighted by Gasteiger charge is -2.33. The van der Waals surface area contributed by atoms with Crippen molar-refractivity contribution in [1.82, 2.24) is 10.2 Å². The molecule has 2 aromatic carbocycles. The van der Waals surface area contributed by atoms with Gasteiger partial charge >= 0.3 is 0 Å². The molecular weight excluding hydrogens is 518 g/mol. The van der Waals surface area contributed by atoms with Crippen LogP contribution < -0.4 is 19.1 Å². The summed E-state index contributed by atoms with van der Waals surface area (Å²) in [5, 5.41) is 3.18.